The zero-order valence-corrected chi connectivity index (χ0v) is 17.7. The molecule has 1 saturated carbocycles. The maximum atomic E-state index is 13.2. The molecule has 0 bridgehead atoms. The van der Waals surface area contributed by atoms with E-state index in [-0.39, 0.29) is 16.7 Å². The van der Waals surface area contributed by atoms with Gasteiger partial charge in [0.25, 0.3) is 5.56 Å². The number of aryl methyl sites for hydroxylation is 2. The van der Waals surface area contributed by atoms with Crippen LogP contribution in [0.1, 0.15) is 62.8 Å². The molecule has 2 aliphatic rings. The number of thioether (sulfide) groups is 1. The SMILES string of the molecule is CCn1c(S[C@H](C)C(=O)NC2CCCC2)nc2sc3c(c2c1=O)CCCC3. The second kappa shape index (κ2) is 7.95. The number of aromatic nitrogens is 2. The van der Waals surface area contributed by atoms with Gasteiger partial charge in [0.05, 0.1) is 10.6 Å². The van der Waals surface area contributed by atoms with Gasteiger partial charge in [-0.3, -0.25) is 14.2 Å². The molecular formula is C20H27N3O2S2. The third kappa shape index (κ3) is 3.68. The van der Waals surface area contributed by atoms with Crippen LogP contribution >= 0.6 is 23.1 Å². The zero-order valence-electron chi connectivity index (χ0n) is 16.0. The lowest BCUT2D eigenvalue weighted by atomic mass is 9.97. The molecule has 4 rings (SSSR count). The highest BCUT2D eigenvalue weighted by Gasteiger charge is 2.25. The van der Waals surface area contributed by atoms with E-state index in [2.05, 4.69) is 5.32 Å². The number of hydrogen-bond acceptors (Lipinski definition) is 5. The Balaban J connectivity index is 1.62. The van der Waals surface area contributed by atoms with Gasteiger partial charge in [-0.1, -0.05) is 24.6 Å². The highest BCUT2D eigenvalue weighted by molar-refractivity contribution is 8.00. The number of carbonyl (C=O) groups is 1. The summed E-state index contributed by atoms with van der Waals surface area (Å²) in [6.45, 7) is 4.46. The topological polar surface area (TPSA) is 64.0 Å². The van der Waals surface area contributed by atoms with Crippen molar-refractivity contribution in [2.45, 2.75) is 88.2 Å². The van der Waals surface area contributed by atoms with Gasteiger partial charge < -0.3 is 5.32 Å². The first-order chi connectivity index (χ1) is 13.1. The number of nitrogens with zero attached hydrogens (tertiary/aromatic N) is 2. The summed E-state index contributed by atoms with van der Waals surface area (Å²) in [5, 5.41) is 4.39. The Labute approximate surface area is 167 Å². The van der Waals surface area contributed by atoms with E-state index in [0.29, 0.717) is 17.7 Å². The molecule has 0 aromatic carbocycles. The molecule has 0 aliphatic heterocycles. The van der Waals surface area contributed by atoms with E-state index in [9.17, 15) is 9.59 Å². The Morgan fingerprint density at radius 1 is 1.30 bits per heavy atom. The summed E-state index contributed by atoms with van der Waals surface area (Å²) in [5.41, 5.74) is 1.29. The molecule has 1 amide bonds. The molecule has 146 valence electrons. The van der Waals surface area contributed by atoms with Crippen LogP contribution in [0.4, 0.5) is 0 Å². The summed E-state index contributed by atoms with van der Waals surface area (Å²) in [7, 11) is 0. The molecule has 0 unspecified atom stereocenters. The lowest BCUT2D eigenvalue weighted by Crippen LogP contribution is -2.38. The van der Waals surface area contributed by atoms with Gasteiger partial charge in [0.1, 0.15) is 4.83 Å². The lowest BCUT2D eigenvalue weighted by molar-refractivity contribution is -0.120. The van der Waals surface area contributed by atoms with Crippen molar-refractivity contribution in [3.8, 4) is 0 Å². The highest BCUT2D eigenvalue weighted by Crippen LogP contribution is 2.35. The number of amides is 1. The maximum Gasteiger partial charge on any atom is 0.263 e. The van der Waals surface area contributed by atoms with Gasteiger partial charge in [-0.25, -0.2) is 4.98 Å². The maximum absolute atomic E-state index is 13.2. The zero-order chi connectivity index (χ0) is 19.0. The minimum absolute atomic E-state index is 0.0503. The van der Waals surface area contributed by atoms with Gasteiger partial charge in [-0.15, -0.1) is 11.3 Å². The molecule has 2 aliphatic carbocycles. The van der Waals surface area contributed by atoms with Crippen LogP contribution < -0.4 is 10.9 Å². The van der Waals surface area contributed by atoms with Crippen molar-refractivity contribution in [1.29, 1.82) is 0 Å². The van der Waals surface area contributed by atoms with Crippen molar-refractivity contribution in [3.05, 3.63) is 20.8 Å². The van der Waals surface area contributed by atoms with Gasteiger partial charge in [0, 0.05) is 17.5 Å². The van der Waals surface area contributed by atoms with E-state index < -0.39 is 0 Å². The predicted molar refractivity (Wildman–Crippen MR) is 112 cm³/mol. The van der Waals surface area contributed by atoms with Gasteiger partial charge in [0.15, 0.2) is 5.16 Å². The molecule has 0 spiro atoms. The number of carbonyl (C=O) groups excluding carboxylic acids is 1. The van der Waals surface area contributed by atoms with Gasteiger partial charge in [-0.2, -0.15) is 0 Å². The van der Waals surface area contributed by atoms with Crippen LogP contribution in [-0.2, 0) is 24.2 Å². The Hall–Kier alpha value is -1.34. The largest absolute Gasteiger partial charge is 0.352 e. The van der Waals surface area contributed by atoms with Crippen LogP contribution in [0.2, 0.25) is 0 Å². The second-order valence-electron chi connectivity index (χ2n) is 7.58. The van der Waals surface area contributed by atoms with Crippen LogP contribution in [0.3, 0.4) is 0 Å². The van der Waals surface area contributed by atoms with Crippen LogP contribution in [-0.4, -0.2) is 26.8 Å². The highest BCUT2D eigenvalue weighted by atomic mass is 32.2. The molecule has 2 heterocycles. The number of rotatable bonds is 5. The van der Waals surface area contributed by atoms with Crippen molar-refractivity contribution in [2.75, 3.05) is 0 Å². The summed E-state index contributed by atoms with van der Waals surface area (Å²) in [4.78, 5) is 32.7. The van der Waals surface area contributed by atoms with Crippen molar-refractivity contribution in [2.24, 2.45) is 0 Å². The first kappa shape index (κ1) is 19.0. The van der Waals surface area contributed by atoms with E-state index in [0.717, 1.165) is 42.3 Å². The molecular weight excluding hydrogens is 378 g/mol. The summed E-state index contributed by atoms with van der Waals surface area (Å²) in [5.74, 6) is 0.0503. The second-order valence-corrected chi connectivity index (χ2v) is 9.98. The molecule has 1 N–H and O–H groups in total. The Morgan fingerprint density at radius 3 is 2.78 bits per heavy atom. The fourth-order valence-corrected chi connectivity index (χ4v) is 6.47. The van der Waals surface area contributed by atoms with E-state index >= 15 is 0 Å². The monoisotopic (exact) mass is 405 g/mol. The lowest BCUT2D eigenvalue weighted by Gasteiger charge is -2.17. The third-order valence-corrected chi connectivity index (χ3v) is 7.98. The molecule has 2 aromatic rings. The Bertz CT molecular complexity index is 912. The van der Waals surface area contributed by atoms with Crippen LogP contribution in [0.25, 0.3) is 10.2 Å². The summed E-state index contributed by atoms with van der Waals surface area (Å²) in [6.07, 6.45) is 8.95. The molecule has 2 aromatic heterocycles. The minimum atomic E-state index is -0.262. The molecule has 27 heavy (non-hydrogen) atoms. The molecule has 0 radical (unpaired) electrons. The standard InChI is InChI=1S/C20H27N3O2S2/c1-3-23-19(25)16-14-10-6-7-11-15(14)27-18(16)22-20(23)26-12(2)17(24)21-13-8-4-5-9-13/h12-13H,3-11H2,1-2H3,(H,21,24)/t12-/m1/s1. The van der Waals surface area contributed by atoms with E-state index in [1.807, 2.05) is 13.8 Å². The molecule has 7 heteroatoms. The van der Waals surface area contributed by atoms with E-state index in [1.165, 1.54) is 41.5 Å². The first-order valence-electron chi connectivity index (χ1n) is 10.1. The normalized spacial score (nSPS) is 18.6. The predicted octanol–water partition coefficient (Wildman–Crippen LogP) is 3.90. The molecule has 0 saturated heterocycles. The van der Waals surface area contributed by atoms with Gasteiger partial charge >= 0.3 is 0 Å². The molecule has 1 fully saturated rings. The number of nitrogens with one attached hydrogen (secondary N) is 1. The fourth-order valence-electron chi connectivity index (χ4n) is 4.19. The number of thiophene rings is 1. The van der Waals surface area contributed by atoms with Crippen LogP contribution in [0.5, 0.6) is 0 Å². The summed E-state index contributed by atoms with van der Waals surface area (Å²) >= 11 is 3.08. The molecule has 1 atom stereocenters. The summed E-state index contributed by atoms with van der Waals surface area (Å²) in [6, 6.07) is 0.313. The van der Waals surface area contributed by atoms with E-state index in [4.69, 9.17) is 4.98 Å². The van der Waals surface area contributed by atoms with Gasteiger partial charge in [-0.05, 0) is 57.9 Å². The average molecular weight is 406 g/mol. The third-order valence-electron chi connectivity index (χ3n) is 5.71. The Kier molecular flexibility index (Phi) is 5.60. The minimum Gasteiger partial charge on any atom is -0.352 e. The van der Waals surface area contributed by atoms with Crippen LogP contribution in [0, 0.1) is 0 Å². The van der Waals surface area contributed by atoms with Gasteiger partial charge in [0.2, 0.25) is 5.91 Å². The first-order valence-corrected chi connectivity index (χ1v) is 11.8. The van der Waals surface area contributed by atoms with Crippen LogP contribution in [0.15, 0.2) is 9.95 Å². The quantitative estimate of drug-likeness (QED) is 0.605. The van der Waals surface area contributed by atoms with E-state index in [1.54, 1.807) is 15.9 Å². The van der Waals surface area contributed by atoms with Crippen molar-refractivity contribution in [3.63, 3.8) is 0 Å². The van der Waals surface area contributed by atoms with Crippen molar-refractivity contribution >= 4 is 39.2 Å². The number of hydrogen-bond donors (Lipinski definition) is 1. The number of fused-ring (bicyclic) bond motifs is 3. The molecule has 5 nitrogen and oxygen atoms in total. The smallest absolute Gasteiger partial charge is 0.263 e. The average Bonchev–Trinajstić information content (AvgIpc) is 3.28. The van der Waals surface area contributed by atoms with Crippen molar-refractivity contribution in [1.82, 2.24) is 14.9 Å². The van der Waals surface area contributed by atoms with Crippen molar-refractivity contribution < 1.29 is 4.79 Å². The summed E-state index contributed by atoms with van der Waals surface area (Å²) < 4.78 is 1.74. The Morgan fingerprint density at radius 2 is 2.04 bits per heavy atom. The fraction of sp³-hybridized carbons (Fsp3) is 0.650.